The van der Waals surface area contributed by atoms with Gasteiger partial charge in [-0.25, -0.2) is 0 Å². The summed E-state index contributed by atoms with van der Waals surface area (Å²) in [5, 5.41) is 3.29. The van der Waals surface area contributed by atoms with Crippen LogP contribution in [-0.2, 0) is 14.3 Å². The first kappa shape index (κ1) is 16.4. The van der Waals surface area contributed by atoms with Gasteiger partial charge in [0, 0.05) is 43.7 Å². The Morgan fingerprint density at radius 1 is 1.00 bits per heavy atom. The summed E-state index contributed by atoms with van der Waals surface area (Å²) < 4.78 is 5.56. The van der Waals surface area contributed by atoms with Crippen LogP contribution in [0.3, 0.4) is 0 Å². The number of ether oxygens (including phenoxy) is 1. The van der Waals surface area contributed by atoms with E-state index in [0.29, 0.717) is 18.5 Å². The minimum atomic E-state index is -0.0552. The van der Waals surface area contributed by atoms with Crippen molar-refractivity contribution in [1.29, 1.82) is 0 Å². The number of hydrogen-bond acceptors (Lipinski definition) is 3. The molecule has 2 amide bonds. The van der Waals surface area contributed by atoms with Gasteiger partial charge in [-0.15, -0.1) is 0 Å². The van der Waals surface area contributed by atoms with E-state index in [2.05, 4.69) is 5.32 Å². The van der Waals surface area contributed by atoms with E-state index in [-0.39, 0.29) is 23.2 Å². The molecular weight excluding hydrogens is 304 g/mol. The summed E-state index contributed by atoms with van der Waals surface area (Å²) in [4.78, 5) is 27.7. The van der Waals surface area contributed by atoms with Crippen molar-refractivity contribution >= 4 is 11.8 Å². The Kier molecular flexibility index (Phi) is 4.54. The van der Waals surface area contributed by atoms with E-state index >= 15 is 0 Å². The monoisotopic (exact) mass is 334 g/mol. The van der Waals surface area contributed by atoms with Gasteiger partial charge in [-0.05, 0) is 38.5 Å². The summed E-state index contributed by atoms with van der Waals surface area (Å²) in [6.45, 7) is 2.82. The molecule has 0 aromatic heterocycles. The Labute approximate surface area is 144 Å². The molecule has 5 nitrogen and oxygen atoms in total. The predicted molar refractivity (Wildman–Crippen MR) is 90.3 cm³/mol. The van der Waals surface area contributed by atoms with E-state index in [1.165, 1.54) is 19.3 Å². The maximum atomic E-state index is 13.0. The second-order valence-corrected chi connectivity index (χ2v) is 8.36. The second-order valence-electron chi connectivity index (χ2n) is 8.36. The Morgan fingerprint density at radius 3 is 2.33 bits per heavy atom. The molecule has 0 bridgehead atoms. The number of carbonyl (C=O) groups excluding carboxylic acids is 2. The molecule has 1 atom stereocenters. The van der Waals surface area contributed by atoms with Crippen LogP contribution >= 0.6 is 0 Å². The van der Waals surface area contributed by atoms with Crippen LogP contribution in [0.15, 0.2) is 0 Å². The minimum Gasteiger partial charge on any atom is -0.381 e. The van der Waals surface area contributed by atoms with Gasteiger partial charge in [0.05, 0.1) is 5.92 Å². The molecule has 0 aromatic carbocycles. The Morgan fingerprint density at radius 2 is 1.71 bits per heavy atom. The number of hydrogen-bond donors (Lipinski definition) is 1. The van der Waals surface area contributed by atoms with Gasteiger partial charge in [0.25, 0.3) is 0 Å². The fourth-order valence-corrected chi connectivity index (χ4v) is 5.07. The van der Waals surface area contributed by atoms with Crippen LogP contribution in [0.1, 0.15) is 57.8 Å². The molecule has 2 heterocycles. The molecule has 1 N–H and O–H groups in total. The van der Waals surface area contributed by atoms with Crippen LogP contribution in [0.25, 0.3) is 0 Å². The minimum absolute atomic E-state index is 0.0500. The molecule has 4 aliphatic rings. The third-order valence-electron chi connectivity index (χ3n) is 6.92. The standard InChI is InChI=1S/C19H30N2O3/c22-17(20-15-6-1-2-7-15)16-12-21(18(23)14-4-3-5-14)13-19(16)8-10-24-11-9-19/h14-16H,1-13H2,(H,20,22). The van der Waals surface area contributed by atoms with Crippen LogP contribution in [0, 0.1) is 17.3 Å². The summed E-state index contributed by atoms with van der Waals surface area (Å²) >= 11 is 0. The SMILES string of the molecule is O=C(NC1CCCC1)C1CN(C(=O)C2CCC2)CC12CCOCC2. The van der Waals surface area contributed by atoms with Crippen molar-refractivity contribution in [3.8, 4) is 0 Å². The zero-order valence-corrected chi connectivity index (χ0v) is 14.6. The molecule has 0 radical (unpaired) electrons. The highest BCUT2D eigenvalue weighted by Crippen LogP contribution is 2.45. The van der Waals surface area contributed by atoms with Crippen molar-refractivity contribution < 1.29 is 14.3 Å². The fourth-order valence-electron chi connectivity index (χ4n) is 5.07. The normalized spacial score (nSPS) is 30.5. The highest BCUT2D eigenvalue weighted by Gasteiger charge is 2.52. The molecule has 1 unspecified atom stereocenters. The second kappa shape index (κ2) is 6.66. The maximum Gasteiger partial charge on any atom is 0.225 e. The van der Waals surface area contributed by atoms with Crippen LogP contribution in [0.5, 0.6) is 0 Å². The number of nitrogens with one attached hydrogen (secondary N) is 1. The van der Waals surface area contributed by atoms with E-state index in [1.54, 1.807) is 0 Å². The molecule has 2 saturated heterocycles. The molecule has 134 valence electrons. The summed E-state index contributed by atoms with van der Waals surface area (Å²) in [6.07, 6.45) is 9.72. The lowest BCUT2D eigenvalue weighted by molar-refractivity contribution is -0.137. The van der Waals surface area contributed by atoms with Crippen molar-refractivity contribution in [3.05, 3.63) is 0 Å². The first-order chi connectivity index (χ1) is 11.7. The third kappa shape index (κ3) is 2.96. The van der Waals surface area contributed by atoms with Crippen molar-refractivity contribution in [2.75, 3.05) is 26.3 Å². The molecule has 2 aliphatic heterocycles. The Bertz CT molecular complexity index is 491. The van der Waals surface area contributed by atoms with Crippen molar-refractivity contribution in [3.63, 3.8) is 0 Å². The summed E-state index contributed by atoms with van der Waals surface area (Å²) in [7, 11) is 0. The first-order valence-corrected chi connectivity index (χ1v) is 9.85. The lowest BCUT2D eigenvalue weighted by Gasteiger charge is -2.37. The molecule has 4 fully saturated rings. The van der Waals surface area contributed by atoms with Gasteiger partial charge in [0.1, 0.15) is 0 Å². The van der Waals surface area contributed by atoms with Crippen LogP contribution in [0.2, 0.25) is 0 Å². The van der Waals surface area contributed by atoms with Gasteiger partial charge in [0.15, 0.2) is 0 Å². The van der Waals surface area contributed by atoms with Gasteiger partial charge in [-0.1, -0.05) is 19.3 Å². The predicted octanol–water partition coefficient (Wildman–Crippen LogP) is 2.10. The topological polar surface area (TPSA) is 58.6 Å². The van der Waals surface area contributed by atoms with Gasteiger partial charge in [-0.2, -0.15) is 0 Å². The van der Waals surface area contributed by atoms with Crippen molar-refractivity contribution in [1.82, 2.24) is 10.2 Å². The Hall–Kier alpha value is -1.10. The molecule has 2 saturated carbocycles. The summed E-state index contributed by atoms with van der Waals surface area (Å²) in [5.74, 6) is 0.653. The van der Waals surface area contributed by atoms with E-state index in [9.17, 15) is 9.59 Å². The largest absolute Gasteiger partial charge is 0.381 e. The lowest BCUT2D eigenvalue weighted by Crippen LogP contribution is -2.46. The molecule has 24 heavy (non-hydrogen) atoms. The zero-order chi connectivity index (χ0) is 16.6. The quantitative estimate of drug-likeness (QED) is 0.860. The highest BCUT2D eigenvalue weighted by molar-refractivity contribution is 5.84. The number of nitrogens with zero attached hydrogens (tertiary/aromatic N) is 1. The summed E-state index contributed by atoms with van der Waals surface area (Å²) in [5.41, 5.74) is -0.0552. The van der Waals surface area contributed by atoms with E-state index in [1.807, 2.05) is 4.90 Å². The van der Waals surface area contributed by atoms with Crippen LogP contribution in [-0.4, -0.2) is 49.1 Å². The van der Waals surface area contributed by atoms with Gasteiger partial charge >= 0.3 is 0 Å². The smallest absolute Gasteiger partial charge is 0.225 e. The number of likely N-dealkylation sites (tertiary alicyclic amines) is 1. The molecule has 0 aromatic rings. The van der Waals surface area contributed by atoms with Crippen molar-refractivity contribution in [2.24, 2.45) is 17.3 Å². The molecular formula is C19H30N2O3. The average Bonchev–Trinajstić information content (AvgIpc) is 3.14. The molecule has 5 heteroatoms. The van der Waals surface area contributed by atoms with Gasteiger partial charge in [0.2, 0.25) is 11.8 Å². The highest BCUT2D eigenvalue weighted by atomic mass is 16.5. The van der Waals surface area contributed by atoms with Crippen LogP contribution < -0.4 is 5.32 Å². The van der Waals surface area contributed by atoms with Gasteiger partial charge in [-0.3, -0.25) is 9.59 Å². The fraction of sp³-hybridized carbons (Fsp3) is 0.895. The van der Waals surface area contributed by atoms with E-state index in [4.69, 9.17) is 4.74 Å². The van der Waals surface area contributed by atoms with Gasteiger partial charge < -0.3 is 15.0 Å². The van der Waals surface area contributed by atoms with Crippen LogP contribution in [0.4, 0.5) is 0 Å². The van der Waals surface area contributed by atoms with Crippen molar-refractivity contribution in [2.45, 2.75) is 63.8 Å². The summed E-state index contributed by atoms with van der Waals surface area (Å²) in [6, 6.07) is 0.353. The number of amides is 2. The average molecular weight is 334 g/mol. The van der Waals surface area contributed by atoms with E-state index < -0.39 is 0 Å². The first-order valence-electron chi connectivity index (χ1n) is 9.85. The molecule has 1 spiro atoms. The zero-order valence-electron chi connectivity index (χ0n) is 14.6. The molecule has 4 rings (SSSR count). The number of rotatable bonds is 3. The third-order valence-corrected chi connectivity index (χ3v) is 6.92. The maximum absolute atomic E-state index is 13.0. The Balaban J connectivity index is 1.48. The lowest BCUT2D eigenvalue weighted by atomic mass is 9.71. The molecule has 2 aliphatic carbocycles. The van der Waals surface area contributed by atoms with E-state index in [0.717, 1.165) is 58.3 Å². The number of carbonyl (C=O) groups is 2.